The summed E-state index contributed by atoms with van der Waals surface area (Å²) in [6.45, 7) is 4.64. The zero-order valence-corrected chi connectivity index (χ0v) is 18.5. The summed E-state index contributed by atoms with van der Waals surface area (Å²) in [5.74, 6) is -2.00. The monoisotopic (exact) mass is 454 g/mol. The molecule has 178 valence electrons. The molecule has 3 amide bonds. The van der Waals surface area contributed by atoms with Crippen molar-refractivity contribution in [1.82, 2.24) is 20.9 Å². The molecular weight excluding hydrogens is 424 g/mol. The number of fused-ring (bicyclic) bond motifs is 1. The summed E-state index contributed by atoms with van der Waals surface area (Å²) in [4.78, 5) is 53.7. The van der Waals surface area contributed by atoms with Gasteiger partial charge in [0.1, 0.15) is 24.5 Å². The van der Waals surface area contributed by atoms with Crippen LogP contribution in [0, 0.1) is 5.92 Å². The van der Waals surface area contributed by atoms with Gasteiger partial charge < -0.3 is 34.6 Å². The average molecular weight is 454 g/mol. The van der Waals surface area contributed by atoms with E-state index < -0.39 is 35.8 Å². The number of Topliss-reactive ketones (excluding diaryl/α,β-unsaturated/α-hetero) is 1. The number of amides is 3. The summed E-state index contributed by atoms with van der Waals surface area (Å²) >= 11 is 0. The molecule has 0 bridgehead atoms. The van der Waals surface area contributed by atoms with Crippen LogP contribution in [0.5, 0.6) is 0 Å². The molecule has 1 aromatic rings. The Morgan fingerprint density at radius 2 is 2.00 bits per heavy atom. The van der Waals surface area contributed by atoms with Gasteiger partial charge in [-0.1, -0.05) is 13.8 Å². The lowest BCUT2D eigenvalue weighted by Gasteiger charge is -2.24. The van der Waals surface area contributed by atoms with Crippen LogP contribution in [0.25, 0.3) is 0 Å². The third-order valence-electron chi connectivity index (χ3n) is 4.73. The van der Waals surface area contributed by atoms with Crippen molar-refractivity contribution in [3.05, 3.63) is 17.8 Å². The number of hydrogen-bond acceptors (Lipinski definition) is 9. The van der Waals surface area contributed by atoms with Crippen molar-refractivity contribution in [3.63, 3.8) is 0 Å². The number of oxazole rings is 1. The maximum Gasteiger partial charge on any atom is 0.407 e. The van der Waals surface area contributed by atoms with E-state index in [-0.39, 0.29) is 32.1 Å². The molecule has 12 heteroatoms. The van der Waals surface area contributed by atoms with Gasteiger partial charge in [-0.15, -0.1) is 0 Å². The third kappa shape index (κ3) is 7.61. The Balaban J connectivity index is 1.97. The summed E-state index contributed by atoms with van der Waals surface area (Å²) in [5.41, 5.74) is 0.488. The van der Waals surface area contributed by atoms with Crippen LogP contribution in [0.4, 0.5) is 4.79 Å². The Hall–Kier alpha value is -2.99. The third-order valence-corrected chi connectivity index (χ3v) is 4.73. The van der Waals surface area contributed by atoms with E-state index in [9.17, 15) is 19.2 Å². The largest absolute Gasteiger partial charge is 0.448 e. The van der Waals surface area contributed by atoms with Crippen LogP contribution in [0.15, 0.2) is 10.8 Å². The molecule has 2 atom stereocenters. The summed E-state index contributed by atoms with van der Waals surface area (Å²) in [6, 6.07) is -2.14. The van der Waals surface area contributed by atoms with Gasteiger partial charge in [-0.2, -0.15) is 0 Å². The molecule has 1 aromatic heterocycles. The molecule has 0 saturated carbocycles. The van der Waals surface area contributed by atoms with Crippen LogP contribution in [0.3, 0.4) is 0 Å². The van der Waals surface area contributed by atoms with Crippen LogP contribution in [-0.4, -0.2) is 80.8 Å². The fourth-order valence-corrected chi connectivity index (χ4v) is 3.00. The van der Waals surface area contributed by atoms with Gasteiger partial charge in [-0.3, -0.25) is 14.4 Å². The minimum atomic E-state index is -1.15. The van der Waals surface area contributed by atoms with E-state index in [4.69, 9.17) is 18.6 Å². The number of nitrogens with zero attached hydrogens (tertiary/aromatic N) is 1. The molecule has 0 aliphatic carbocycles. The normalized spacial score (nSPS) is 17.4. The lowest BCUT2D eigenvalue weighted by Crippen LogP contribution is -2.56. The Bertz CT molecular complexity index is 794. The molecule has 2 rings (SSSR count). The molecule has 12 nitrogen and oxygen atoms in total. The van der Waals surface area contributed by atoms with Gasteiger partial charge in [0.15, 0.2) is 6.39 Å². The summed E-state index contributed by atoms with van der Waals surface area (Å²) in [6.07, 6.45) is 0.834. The van der Waals surface area contributed by atoms with E-state index in [2.05, 4.69) is 20.9 Å². The molecule has 1 aliphatic rings. The Kier molecular flexibility index (Phi) is 10.1. The van der Waals surface area contributed by atoms with Gasteiger partial charge in [0.05, 0.1) is 25.5 Å². The van der Waals surface area contributed by atoms with Crippen LogP contribution in [-0.2, 0) is 41.4 Å². The zero-order chi connectivity index (χ0) is 23.5. The highest BCUT2D eigenvalue weighted by Crippen LogP contribution is 2.13. The number of carbonyl (C=O) groups excluding carboxylic acids is 4. The lowest BCUT2D eigenvalue weighted by molar-refractivity contribution is -0.140. The predicted molar refractivity (Wildman–Crippen MR) is 110 cm³/mol. The van der Waals surface area contributed by atoms with Crippen molar-refractivity contribution in [2.24, 2.45) is 5.92 Å². The van der Waals surface area contributed by atoms with Gasteiger partial charge in [0.25, 0.3) is 5.91 Å². The van der Waals surface area contributed by atoms with Crippen molar-refractivity contribution in [2.75, 3.05) is 40.1 Å². The van der Waals surface area contributed by atoms with E-state index in [0.29, 0.717) is 31.1 Å². The maximum atomic E-state index is 12.9. The number of carbonyl (C=O) groups is 4. The quantitative estimate of drug-likeness (QED) is 0.309. The number of nitrogens with one attached hydrogen (secondary N) is 3. The first-order chi connectivity index (χ1) is 15.3. The van der Waals surface area contributed by atoms with Gasteiger partial charge in [0, 0.05) is 26.5 Å². The number of aromatic nitrogens is 1. The van der Waals surface area contributed by atoms with E-state index in [1.165, 1.54) is 6.39 Å². The van der Waals surface area contributed by atoms with Gasteiger partial charge in [-0.25, -0.2) is 9.78 Å². The van der Waals surface area contributed by atoms with Crippen LogP contribution in [0.2, 0.25) is 0 Å². The fourth-order valence-electron chi connectivity index (χ4n) is 3.00. The van der Waals surface area contributed by atoms with Crippen molar-refractivity contribution in [2.45, 2.75) is 38.8 Å². The van der Waals surface area contributed by atoms with Gasteiger partial charge >= 0.3 is 6.09 Å². The van der Waals surface area contributed by atoms with Gasteiger partial charge in [0.2, 0.25) is 11.7 Å². The first-order valence-electron chi connectivity index (χ1n) is 10.4. The molecule has 0 saturated heterocycles. The number of rotatable bonds is 10. The minimum absolute atomic E-state index is 0.00179. The lowest BCUT2D eigenvalue weighted by atomic mass is 10.0. The van der Waals surface area contributed by atoms with Crippen LogP contribution in [0.1, 0.15) is 25.3 Å². The molecule has 32 heavy (non-hydrogen) atoms. The summed E-state index contributed by atoms with van der Waals surface area (Å²) in [7, 11) is 1.55. The number of alkyl carbamates (subject to hydrolysis) is 1. The summed E-state index contributed by atoms with van der Waals surface area (Å²) < 4.78 is 20.4. The smallest absolute Gasteiger partial charge is 0.407 e. The molecule has 0 aromatic carbocycles. The highest BCUT2D eigenvalue weighted by atomic mass is 16.6. The van der Waals surface area contributed by atoms with E-state index in [1.807, 2.05) is 0 Å². The topological polar surface area (TPSA) is 158 Å². The minimum Gasteiger partial charge on any atom is -0.448 e. The highest BCUT2D eigenvalue weighted by Gasteiger charge is 2.33. The van der Waals surface area contributed by atoms with E-state index in [1.54, 1.807) is 21.0 Å². The van der Waals surface area contributed by atoms with Crippen molar-refractivity contribution >= 4 is 23.7 Å². The van der Waals surface area contributed by atoms with Crippen molar-refractivity contribution in [3.8, 4) is 0 Å². The van der Waals surface area contributed by atoms with E-state index in [0.717, 1.165) is 0 Å². The molecule has 0 fully saturated rings. The fraction of sp³-hybridized carbons (Fsp3) is 0.650. The second-order valence-electron chi connectivity index (χ2n) is 7.46. The number of hydrogen-bond donors (Lipinski definition) is 3. The highest BCUT2D eigenvalue weighted by molar-refractivity contribution is 6.38. The van der Waals surface area contributed by atoms with Gasteiger partial charge in [-0.05, 0) is 5.92 Å². The number of ether oxygens (including phenoxy) is 3. The Labute approximate surface area is 185 Å². The zero-order valence-electron chi connectivity index (χ0n) is 18.5. The van der Waals surface area contributed by atoms with Crippen LogP contribution < -0.4 is 16.0 Å². The second kappa shape index (κ2) is 12.8. The Morgan fingerprint density at radius 3 is 2.72 bits per heavy atom. The first kappa shape index (κ1) is 25.3. The standard InChI is InChI=1S/C20H30N4O8/c1-12(2)16(24-20(28)31-9-8-30-7-6-29-3)18(26)23-14-10-13-15(32-11-22-13)4-5-21-19(27)17(14)25/h11-12,14,16H,4-10H2,1-3H3,(H,21,27)(H,23,26)(H,24,28). The maximum absolute atomic E-state index is 12.9. The molecule has 3 N–H and O–H groups in total. The Morgan fingerprint density at radius 1 is 1.25 bits per heavy atom. The van der Waals surface area contributed by atoms with Crippen molar-refractivity contribution < 1.29 is 37.8 Å². The second-order valence-corrected chi connectivity index (χ2v) is 7.46. The van der Waals surface area contributed by atoms with E-state index >= 15 is 0 Å². The predicted octanol–water partition coefficient (Wildman–Crippen LogP) is -0.643. The molecule has 0 spiro atoms. The SMILES string of the molecule is COCCOCCOC(=O)NC(C(=O)NC1Cc2ncoc2CCNC(=O)C1=O)C(C)C. The first-order valence-corrected chi connectivity index (χ1v) is 10.4. The van der Waals surface area contributed by atoms with Crippen LogP contribution >= 0.6 is 0 Å². The number of methoxy groups -OCH3 is 1. The van der Waals surface area contributed by atoms with Crippen molar-refractivity contribution in [1.29, 1.82) is 0 Å². The summed E-state index contributed by atoms with van der Waals surface area (Å²) in [5, 5.41) is 7.55. The molecular formula is C20H30N4O8. The molecule has 0 radical (unpaired) electrons. The molecule has 2 heterocycles. The molecule has 2 unspecified atom stereocenters. The average Bonchev–Trinajstić information content (AvgIpc) is 3.20. The number of ketones is 1. The molecule has 1 aliphatic heterocycles.